The summed E-state index contributed by atoms with van der Waals surface area (Å²) in [6.45, 7) is 0. The molecule has 9 heteroatoms. The lowest BCUT2D eigenvalue weighted by Gasteiger charge is -2.14. The average Bonchev–Trinajstić information content (AvgIpc) is 2.17. The van der Waals surface area contributed by atoms with Gasteiger partial charge < -0.3 is 5.32 Å². The van der Waals surface area contributed by atoms with E-state index in [-0.39, 0.29) is 11.1 Å². The average molecular weight is 258 g/mol. The van der Waals surface area contributed by atoms with Crippen molar-refractivity contribution >= 4 is 23.3 Å². The maximum atomic E-state index is 12.5. The molecular formula is C7H4ClF4N3O. The van der Waals surface area contributed by atoms with Gasteiger partial charge in [-0.15, -0.1) is 0 Å². The highest BCUT2D eigenvalue weighted by molar-refractivity contribution is 6.28. The Bertz CT molecular complexity index is 401. The monoisotopic (exact) mass is 257 g/mol. The number of halogens is 5. The second kappa shape index (κ2) is 4.60. The summed E-state index contributed by atoms with van der Waals surface area (Å²) in [6.07, 6.45) is -3.02. The van der Waals surface area contributed by atoms with Gasteiger partial charge in [0.15, 0.2) is 0 Å². The van der Waals surface area contributed by atoms with E-state index >= 15 is 0 Å². The highest BCUT2D eigenvalue weighted by Gasteiger charge is 2.49. The highest BCUT2D eigenvalue weighted by atomic mass is 35.5. The number of alkyl halides is 4. The quantitative estimate of drug-likeness (QED) is 0.665. The third kappa shape index (κ3) is 2.78. The van der Waals surface area contributed by atoms with Crippen molar-refractivity contribution in [2.75, 3.05) is 5.32 Å². The number of nitrogens with zero attached hydrogens (tertiary/aromatic N) is 2. The van der Waals surface area contributed by atoms with Crippen LogP contribution < -0.4 is 5.32 Å². The lowest BCUT2D eigenvalue weighted by atomic mass is 10.3. The molecule has 0 saturated carbocycles. The Morgan fingerprint density at radius 1 is 1.50 bits per heavy atom. The van der Waals surface area contributed by atoms with E-state index in [0.717, 1.165) is 12.3 Å². The van der Waals surface area contributed by atoms with Crippen molar-refractivity contribution in [3.05, 3.63) is 17.5 Å². The van der Waals surface area contributed by atoms with Crippen LogP contribution in [-0.2, 0) is 4.79 Å². The summed E-state index contributed by atoms with van der Waals surface area (Å²) in [5, 5.41) is 1.19. The van der Waals surface area contributed by atoms with Crippen LogP contribution in [-0.4, -0.2) is 28.2 Å². The molecule has 0 atom stereocenters. The first-order valence-corrected chi connectivity index (χ1v) is 4.18. The molecule has 0 radical (unpaired) electrons. The zero-order valence-corrected chi connectivity index (χ0v) is 8.18. The fraction of sp³-hybridized carbons (Fsp3) is 0.286. The molecule has 0 aliphatic rings. The first-order chi connectivity index (χ1) is 7.34. The van der Waals surface area contributed by atoms with Gasteiger partial charge in [0.25, 0.3) is 0 Å². The van der Waals surface area contributed by atoms with Gasteiger partial charge in [-0.25, -0.2) is 18.7 Å². The lowest BCUT2D eigenvalue weighted by Crippen LogP contribution is -2.41. The van der Waals surface area contributed by atoms with Gasteiger partial charge in [0.1, 0.15) is 5.82 Å². The van der Waals surface area contributed by atoms with Crippen LogP contribution >= 0.6 is 11.6 Å². The Labute approximate surface area is 91.6 Å². The molecule has 1 aromatic rings. The lowest BCUT2D eigenvalue weighted by molar-refractivity contribution is -0.163. The number of nitrogens with one attached hydrogen (secondary N) is 1. The van der Waals surface area contributed by atoms with Crippen molar-refractivity contribution in [3.8, 4) is 0 Å². The van der Waals surface area contributed by atoms with E-state index in [1.807, 2.05) is 0 Å². The van der Waals surface area contributed by atoms with Crippen molar-refractivity contribution in [1.82, 2.24) is 9.97 Å². The second-order valence-corrected chi connectivity index (χ2v) is 2.93. The standard InChI is InChI=1S/C7H4ClF4N3O/c8-6-13-2-1-3(15-6)14-5(16)7(11,12)4(9)10/h1-2,4H,(H,13,14,15,16). The Morgan fingerprint density at radius 2 is 2.12 bits per heavy atom. The van der Waals surface area contributed by atoms with Gasteiger partial charge in [0.2, 0.25) is 5.28 Å². The molecule has 0 unspecified atom stereocenters. The predicted molar refractivity (Wildman–Crippen MR) is 46.6 cm³/mol. The van der Waals surface area contributed by atoms with Crippen LogP contribution in [0.1, 0.15) is 0 Å². The molecule has 0 spiro atoms. The molecule has 1 aromatic heterocycles. The van der Waals surface area contributed by atoms with Crippen molar-refractivity contribution in [2.24, 2.45) is 0 Å². The van der Waals surface area contributed by atoms with Crippen LogP contribution in [0.15, 0.2) is 12.3 Å². The summed E-state index contributed by atoms with van der Waals surface area (Å²) in [5.41, 5.74) is 0. The summed E-state index contributed by atoms with van der Waals surface area (Å²) < 4.78 is 48.5. The fourth-order valence-corrected chi connectivity index (χ4v) is 0.851. The van der Waals surface area contributed by atoms with Crippen molar-refractivity contribution < 1.29 is 22.4 Å². The first-order valence-electron chi connectivity index (χ1n) is 3.80. The Kier molecular flexibility index (Phi) is 3.63. The van der Waals surface area contributed by atoms with Gasteiger partial charge in [0, 0.05) is 6.20 Å². The van der Waals surface area contributed by atoms with Gasteiger partial charge in [-0.3, -0.25) is 4.79 Å². The van der Waals surface area contributed by atoms with E-state index < -0.39 is 18.3 Å². The van der Waals surface area contributed by atoms with E-state index in [0.29, 0.717) is 0 Å². The molecule has 0 fully saturated rings. The minimum atomic E-state index is -4.78. The van der Waals surface area contributed by atoms with Crippen LogP contribution in [0.4, 0.5) is 23.4 Å². The normalized spacial score (nSPS) is 11.6. The molecule has 0 aliphatic heterocycles. The third-order valence-electron chi connectivity index (χ3n) is 1.44. The number of carbonyl (C=O) groups excluding carboxylic acids is 1. The van der Waals surface area contributed by atoms with Crippen LogP contribution in [0, 0.1) is 0 Å². The summed E-state index contributed by atoms with van der Waals surface area (Å²) in [5.74, 6) is -7.32. The second-order valence-electron chi connectivity index (χ2n) is 2.59. The van der Waals surface area contributed by atoms with Crippen LogP contribution in [0.25, 0.3) is 0 Å². The fourth-order valence-electron chi connectivity index (χ4n) is 0.703. The van der Waals surface area contributed by atoms with E-state index in [1.54, 1.807) is 0 Å². The number of hydrogen-bond donors (Lipinski definition) is 1. The maximum Gasteiger partial charge on any atom is 0.383 e. The molecule has 0 bridgehead atoms. The van der Waals surface area contributed by atoms with E-state index in [1.165, 1.54) is 5.32 Å². The van der Waals surface area contributed by atoms with Crippen molar-refractivity contribution in [3.63, 3.8) is 0 Å². The molecule has 0 aromatic carbocycles. The topological polar surface area (TPSA) is 54.9 Å². The minimum absolute atomic E-state index is 0.307. The zero-order valence-electron chi connectivity index (χ0n) is 7.42. The number of aromatic nitrogens is 2. The summed E-state index contributed by atoms with van der Waals surface area (Å²) in [6, 6.07) is 1.03. The number of hydrogen-bond acceptors (Lipinski definition) is 3. The molecule has 1 N–H and O–H groups in total. The molecule has 1 heterocycles. The number of carbonyl (C=O) groups is 1. The first kappa shape index (κ1) is 12.6. The van der Waals surface area contributed by atoms with E-state index in [9.17, 15) is 22.4 Å². The number of anilines is 1. The SMILES string of the molecule is O=C(Nc1ccnc(Cl)n1)C(F)(F)C(F)F. The molecule has 0 aliphatic carbocycles. The molecule has 1 rings (SSSR count). The molecular weight excluding hydrogens is 254 g/mol. The van der Waals surface area contributed by atoms with E-state index in [2.05, 4.69) is 9.97 Å². The Balaban J connectivity index is 2.79. The molecule has 0 saturated heterocycles. The largest absolute Gasteiger partial charge is 0.383 e. The predicted octanol–water partition coefficient (Wildman–Crippen LogP) is 1.97. The van der Waals surface area contributed by atoms with E-state index in [4.69, 9.17) is 11.6 Å². The van der Waals surface area contributed by atoms with Crippen LogP contribution in [0.3, 0.4) is 0 Å². The van der Waals surface area contributed by atoms with Gasteiger partial charge >= 0.3 is 18.3 Å². The molecule has 1 amide bonds. The number of amides is 1. The van der Waals surface area contributed by atoms with Crippen molar-refractivity contribution in [2.45, 2.75) is 12.3 Å². The molecule has 16 heavy (non-hydrogen) atoms. The van der Waals surface area contributed by atoms with Crippen LogP contribution in [0.5, 0.6) is 0 Å². The molecule has 88 valence electrons. The Hall–Kier alpha value is -1.44. The molecule has 4 nitrogen and oxygen atoms in total. The van der Waals surface area contributed by atoms with Gasteiger partial charge in [-0.2, -0.15) is 8.78 Å². The zero-order chi connectivity index (χ0) is 12.3. The van der Waals surface area contributed by atoms with Gasteiger partial charge in [0.05, 0.1) is 0 Å². The third-order valence-corrected chi connectivity index (χ3v) is 1.63. The smallest absolute Gasteiger partial charge is 0.305 e. The summed E-state index contributed by atoms with van der Waals surface area (Å²) in [4.78, 5) is 17.5. The minimum Gasteiger partial charge on any atom is -0.305 e. The Morgan fingerprint density at radius 3 is 2.62 bits per heavy atom. The maximum absolute atomic E-state index is 12.5. The highest BCUT2D eigenvalue weighted by Crippen LogP contribution is 2.24. The van der Waals surface area contributed by atoms with Gasteiger partial charge in [-0.1, -0.05) is 0 Å². The number of rotatable bonds is 3. The van der Waals surface area contributed by atoms with Crippen molar-refractivity contribution in [1.29, 1.82) is 0 Å². The van der Waals surface area contributed by atoms with Gasteiger partial charge in [-0.05, 0) is 17.7 Å². The summed E-state index contributed by atoms with van der Waals surface area (Å²) >= 11 is 5.30. The summed E-state index contributed by atoms with van der Waals surface area (Å²) in [7, 11) is 0. The van der Waals surface area contributed by atoms with Crippen LogP contribution in [0.2, 0.25) is 5.28 Å².